The van der Waals surface area contributed by atoms with Crippen molar-refractivity contribution in [2.45, 2.75) is 76.3 Å². The molecule has 2 N–H and O–H groups in total. The van der Waals surface area contributed by atoms with Crippen LogP contribution in [0.2, 0.25) is 5.02 Å². The normalized spacial score (nSPS) is 21.2. The Kier molecular flexibility index (Phi) is 16.0. The molecule has 7 atom stereocenters. The van der Waals surface area contributed by atoms with Crippen molar-refractivity contribution in [3.8, 4) is 5.75 Å². The lowest BCUT2D eigenvalue weighted by molar-refractivity contribution is -0.162. The zero-order chi connectivity index (χ0) is 41.9. The number of hydrogen-bond donors (Lipinski definition) is 2. The van der Waals surface area contributed by atoms with Crippen LogP contribution in [0.3, 0.4) is 0 Å². The Bertz CT molecular complexity index is 2020. The zero-order valence-corrected chi connectivity index (χ0v) is 35.8. The number of anilines is 1. The van der Waals surface area contributed by atoms with E-state index in [1.165, 1.54) is 0 Å². The van der Waals surface area contributed by atoms with Gasteiger partial charge in [-0.3, -0.25) is 4.79 Å². The molecule has 0 radical (unpaired) electrons. The van der Waals surface area contributed by atoms with Gasteiger partial charge in [0.05, 0.1) is 23.0 Å². The lowest BCUT2D eigenvalue weighted by Gasteiger charge is -2.43. The summed E-state index contributed by atoms with van der Waals surface area (Å²) in [5.41, 5.74) is 2.99. The van der Waals surface area contributed by atoms with Gasteiger partial charge >= 0.3 is 6.09 Å². The van der Waals surface area contributed by atoms with E-state index in [0.717, 1.165) is 48.8 Å². The quantitative estimate of drug-likeness (QED) is 0.0844. The summed E-state index contributed by atoms with van der Waals surface area (Å²) in [5, 5.41) is 4.21. The number of rotatable bonds is 20. The number of fused-ring (bicyclic) bond motifs is 1. The minimum atomic E-state index is -3.64. The number of allylic oxidation sites excluding steroid dienone is 1. The molecule has 11 nitrogen and oxygen atoms in total. The van der Waals surface area contributed by atoms with Crippen LogP contribution in [0.15, 0.2) is 96.4 Å². The van der Waals surface area contributed by atoms with Gasteiger partial charge in [-0.2, -0.15) is 0 Å². The summed E-state index contributed by atoms with van der Waals surface area (Å²) >= 11 is 6.42. The van der Waals surface area contributed by atoms with E-state index < -0.39 is 39.7 Å². The van der Waals surface area contributed by atoms with Crippen molar-refractivity contribution >= 4 is 39.2 Å². The fourth-order valence-corrected chi connectivity index (χ4v) is 10.2. The Morgan fingerprint density at radius 1 is 1.02 bits per heavy atom. The van der Waals surface area contributed by atoms with Crippen LogP contribution in [0.5, 0.6) is 5.75 Å². The summed E-state index contributed by atoms with van der Waals surface area (Å²) < 4.78 is 50.8. The average molecular weight is 836 g/mol. The summed E-state index contributed by atoms with van der Waals surface area (Å²) in [7, 11) is 1.29. The standard InChI is InChI=1S/C45H58ClN3O8S/c1-8-14-30(3)28-58(52,49-44(51)57-31(4)32-15-11-10-12-16-32)48-42(50)34-19-23-41(39(26-34)47-27-35-18-21-37(35)40(9-2)53-5)56-29-45(43(54-6)55-7)24-13-17-33-25-36(46)20-22-38(33)45/h8-12,15-16,19-20,22-23,25-26,30-31,35,37,40,43,47H,1-2,13-14,17-18,21,24,27-29H2,3-7H3,(H,48,49,50,51,52)/t30-,31-,35-,37+,40-,45-,58?/m0/s1. The summed E-state index contributed by atoms with van der Waals surface area (Å²) in [6.07, 6.45) is 6.28. The molecular weight excluding hydrogens is 778 g/mol. The number of carbonyl (C=O) groups is 2. The highest BCUT2D eigenvalue weighted by Crippen LogP contribution is 2.44. The number of amides is 2. The first kappa shape index (κ1) is 44.9. The summed E-state index contributed by atoms with van der Waals surface area (Å²) in [6.45, 7) is 12.1. The number of hydrogen-bond acceptors (Lipinski definition) is 9. The van der Waals surface area contributed by atoms with Crippen LogP contribution >= 0.6 is 11.6 Å². The number of carbonyl (C=O) groups excluding carboxylic acids is 2. The van der Waals surface area contributed by atoms with Crippen molar-refractivity contribution in [1.82, 2.24) is 4.72 Å². The minimum absolute atomic E-state index is 0.0748. The van der Waals surface area contributed by atoms with Crippen LogP contribution < -0.4 is 14.8 Å². The molecule has 1 fully saturated rings. The highest BCUT2D eigenvalue weighted by atomic mass is 35.5. The van der Waals surface area contributed by atoms with Gasteiger partial charge in [0.2, 0.25) is 0 Å². The fourth-order valence-electron chi connectivity index (χ4n) is 8.23. The number of halogens is 1. The molecule has 0 aromatic heterocycles. The van der Waals surface area contributed by atoms with Crippen LogP contribution in [-0.4, -0.2) is 68.8 Å². The lowest BCUT2D eigenvalue weighted by Crippen LogP contribution is -2.49. The Labute approximate surface area is 349 Å². The van der Waals surface area contributed by atoms with Crippen molar-refractivity contribution in [3.63, 3.8) is 0 Å². The average Bonchev–Trinajstić information content (AvgIpc) is 3.19. The molecule has 1 unspecified atom stereocenters. The number of nitrogens with one attached hydrogen (secondary N) is 2. The Hall–Kier alpha value is -4.20. The molecule has 0 bridgehead atoms. The predicted octanol–water partition coefficient (Wildman–Crippen LogP) is 9.47. The first-order valence-electron chi connectivity index (χ1n) is 19.8. The van der Waals surface area contributed by atoms with Crippen LogP contribution in [0, 0.1) is 17.8 Å². The third-order valence-corrected chi connectivity index (χ3v) is 13.5. The van der Waals surface area contributed by atoms with E-state index in [9.17, 15) is 13.8 Å². The Balaban J connectivity index is 1.47. The number of aryl methyl sites for hydroxylation is 1. The largest absolute Gasteiger partial charge is 0.490 e. The number of ether oxygens (including phenoxy) is 5. The molecule has 0 spiro atoms. The molecule has 5 rings (SSSR count). The molecule has 0 heterocycles. The third kappa shape index (κ3) is 10.9. The molecule has 2 aliphatic carbocycles. The van der Waals surface area contributed by atoms with Crippen LogP contribution in [0.1, 0.15) is 79.1 Å². The second kappa shape index (κ2) is 20.7. The highest BCUT2D eigenvalue weighted by Gasteiger charge is 2.46. The van der Waals surface area contributed by atoms with E-state index in [0.29, 0.717) is 29.4 Å². The van der Waals surface area contributed by atoms with Gasteiger partial charge in [0.1, 0.15) is 28.4 Å². The molecule has 314 valence electrons. The van der Waals surface area contributed by atoms with Gasteiger partial charge in [0, 0.05) is 38.5 Å². The van der Waals surface area contributed by atoms with Crippen LogP contribution in [0.25, 0.3) is 0 Å². The second-order valence-electron chi connectivity index (χ2n) is 15.3. The topological polar surface area (TPSA) is 134 Å². The predicted molar refractivity (Wildman–Crippen MR) is 230 cm³/mol. The lowest BCUT2D eigenvalue weighted by atomic mass is 9.69. The molecule has 13 heteroatoms. The van der Waals surface area contributed by atoms with Gasteiger partial charge in [-0.05, 0) is 110 Å². The van der Waals surface area contributed by atoms with Crippen LogP contribution in [0.4, 0.5) is 10.5 Å². The van der Waals surface area contributed by atoms with Crippen molar-refractivity contribution in [2.24, 2.45) is 22.1 Å². The van der Waals surface area contributed by atoms with E-state index in [1.807, 2.05) is 61.5 Å². The molecule has 0 saturated heterocycles. The van der Waals surface area contributed by atoms with E-state index in [2.05, 4.69) is 27.6 Å². The number of methoxy groups -OCH3 is 3. The second-order valence-corrected chi connectivity index (χ2v) is 17.8. The van der Waals surface area contributed by atoms with Crippen LogP contribution in [-0.2, 0) is 40.7 Å². The molecule has 0 aliphatic heterocycles. The third-order valence-electron chi connectivity index (χ3n) is 11.3. The van der Waals surface area contributed by atoms with Crippen molar-refractivity contribution in [3.05, 3.63) is 119 Å². The van der Waals surface area contributed by atoms with Gasteiger partial charge in [-0.25, -0.2) is 13.7 Å². The first-order chi connectivity index (χ1) is 27.9. The molecule has 3 aromatic rings. The molecule has 2 amide bonds. The highest BCUT2D eigenvalue weighted by molar-refractivity contribution is 7.92. The van der Waals surface area contributed by atoms with E-state index >= 15 is 0 Å². The van der Waals surface area contributed by atoms with Gasteiger partial charge in [0.25, 0.3) is 5.91 Å². The summed E-state index contributed by atoms with van der Waals surface area (Å²) in [4.78, 5) is 27.1. The molecule has 2 aliphatic rings. The maximum atomic E-state index is 14.4. The fraction of sp³-hybridized carbons (Fsp3) is 0.467. The van der Waals surface area contributed by atoms with E-state index in [4.69, 9.17) is 35.3 Å². The van der Waals surface area contributed by atoms with E-state index in [-0.39, 0.29) is 41.8 Å². The van der Waals surface area contributed by atoms with Gasteiger partial charge in [0.15, 0.2) is 6.29 Å². The monoisotopic (exact) mass is 835 g/mol. The molecular formula is C45H58ClN3O8S. The summed E-state index contributed by atoms with van der Waals surface area (Å²) in [5.74, 6) is 0.0135. The van der Waals surface area contributed by atoms with Gasteiger partial charge in [-0.15, -0.1) is 17.5 Å². The Morgan fingerprint density at radius 3 is 2.43 bits per heavy atom. The molecule has 1 saturated carbocycles. The van der Waals surface area contributed by atoms with Crippen molar-refractivity contribution in [2.75, 3.05) is 45.6 Å². The van der Waals surface area contributed by atoms with Gasteiger partial charge in [-0.1, -0.05) is 67.1 Å². The van der Waals surface area contributed by atoms with Crippen molar-refractivity contribution < 1.29 is 37.5 Å². The SMILES string of the molecule is C=CC[C@H](C)CS(=O)(=NC(=O)c1ccc(OC[C@@]2(C(OC)OC)CCCc3cc(Cl)ccc32)c(NC[C@@H]2CC[C@H]2[C@H](C=C)OC)c1)NC(=O)O[C@@H](C)c1ccccc1. The maximum absolute atomic E-state index is 14.4. The first-order valence-corrected chi connectivity index (χ1v) is 21.9. The van der Waals surface area contributed by atoms with E-state index in [1.54, 1.807) is 52.5 Å². The number of nitrogens with zero attached hydrogens (tertiary/aromatic N) is 1. The number of benzene rings is 3. The summed E-state index contributed by atoms with van der Waals surface area (Å²) in [6, 6.07) is 20.0. The maximum Gasteiger partial charge on any atom is 0.420 e. The minimum Gasteiger partial charge on any atom is -0.490 e. The smallest absolute Gasteiger partial charge is 0.420 e. The molecule has 3 aromatic carbocycles. The Morgan fingerprint density at radius 2 is 1.78 bits per heavy atom. The zero-order valence-electron chi connectivity index (χ0n) is 34.2. The van der Waals surface area contributed by atoms with Gasteiger partial charge < -0.3 is 29.0 Å². The molecule has 58 heavy (non-hydrogen) atoms. The van der Waals surface area contributed by atoms with Crippen molar-refractivity contribution in [1.29, 1.82) is 0 Å².